The lowest BCUT2D eigenvalue weighted by atomic mass is 9.89. The van der Waals surface area contributed by atoms with Crippen molar-refractivity contribution in [2.75, 3.05) is 13.1 Å². The van der Waals surface area contributed by atoms with Crippen LogP contribution in [0.2, 0.25) is 0 Å². The maximum Gasteiger partial charge on any atom is 0.270 e. The SMILES string of the molecule is Cn1cc(Br)cc1C(=O)N1CCC(C)(C(N)=O)C1. The summed E-state index contributed by atoms with van der Waals surface area (Å²) in [5.41, 5.74) is 5.39. The molecule has 0 aromatic carbocycles. The lowest BCUT2D eigenvalue weighted by Crippen LogP contribution is -2.39. The van der Waals surface area contributed by atoms with Crippen molar-refractivity contribution in [2.45, 2.75) is 13.3 Å². The summed E-state index contributed by atoms with van der Waals surface area (Å²) in [6, 6.07) is 1.78. The summed E-state index contributed by atoms with van der Waals surface area (Å²) in [7, 11) is 1.82. The molecule has 2 heterocycles. The molecular formula is C12H16BrN3O2. The number of likely N-dealkylation sites (tertiary alicyclic amines) is 1. The molecule has 6 heteroatoms. The maximum atomic E-state index is 12.3. The molecule has 0 radical (unpaired) electrons. The first-order valence-electron chi connectivity index (χ1n) is 5.74. The van der Waals surface area contributed by atoms with Crippen LogP contribution in [0.1, 0.15) is 23.8 Å². The molecule has 0 spiro atoms. The molecule has 2 rings (SSSR count). The van der Waals surface area contributed by atoms with Crippen molar-refractivity contribution in [1.82, 2.24) is 9.47 Å². The number of halogens is 1. The van der Waals surface area contributed by atoms with Crippen molar-refractivity contribution >= 4 is 27.7 Å². The smallest absolute Gasteiger partial charge is 0.270 e. The van der Waals surface area contributed by atoms with Crippen LogP contribution in [0.15, 0.2) is 16.7 Å². The van der Waals surface area contributed by atoms with E-state index in [2.05, 4.69) is 15.9 Å². The third-order valence-electron chi connectivity index (χ3n) is 3.55. The standard InChI is InChI=1S/C12H16BrN3O2/c1-12(11(14)18)3-4-16(7-12)10(17)9-5-8(13)6-15(9)2/h5-6H,3-4,7H2,1-2H3,(H2,14,18). The second-order valence-electron chi connectivity index (χ2n) is 5.06. The van der Waals surface area contributed by atoms with Gasteiger partial charge in [-0.3, -0.25) is 9.59 Å². The predicted molar refractivity (Wildman–Crippen MR) is 70.9 cm³/mol. The van der Waals surface area contributed by atoms with Crippen LogP contribution in [-0.4, -0.2) is 34.4 Å². The molecular weight excluding hydrogens is 298 g/mol. The zero-order chi connectivity index (χ0) is 13.5. The van der Waals surface area contributed by atoms with Crippen LogP contribution >= 0.6 is 15.9 Å². The molecule has 18 heavy (non-hydrogen) atoms. The monoisotopic (exact) mass is 313 g/mol. The summed E-state index contributed by atoms with van der Waals surface area (Å²) in [5, 5.41) is 0. The molecule has 0 saturated carbocycles. The molecule has 98 valence electrons. The fraction of sp³-hybridized carbons (Fsp3) is 0.500. The van der Waals surface area contributed by atoms with Crippen molar-refractivity contribution in [3.63, 3.8) is 0 Å². The van der Waals surface area contributed by atoms with Gasteiger partial charge in [0.25, 0.3) is 5.91 Å². The van der Waals surface area contributed by atoms with E-state index in [9.17, 15) is 9.59 Å². The van der Waals surface area contributed by atoms with Crippen LogP contribution in [0.25, 0.3) is 0 Å². The normalized spacial score (nSPS) is 23.4. The molecule has 2 amide bonds. The van der Waals surface area contributed by atoms with E-state index in [0.29, 0.717) is 25.2 Å². The van der Waals surface area contributed by atoms with Crippen molar-refractivity contribution in [3.05, 3.63) is 22.4 Å². The Balaban J connectivity index is 2.18. The van der Waals surface area contributed by atoms with Gasteiger partial charge < -0.3 is 15.2 Å². The molecule has 1 aliphatic heterocycles. The predicted octanol–water partition coefficient (Wildman–Crippen LogP) is 1.13. The number of nitrogens with two attached hydrogens (primary N) is 1. The Bertz CT molecular complexity index is 511. The molecule has 0 bridgehead atoms. The number of aryl methyl sites for hydroxylation is 1. The van der Waals surface area contributed by atoms with E-state index < -0.39 is 5.41 Å². The fourth-order valence-corrected chi connectivity index (χ4v) is 2.76. The summed E-state index contributed by atoms with van der Waals surface area (Å²) < 4.78 is 2.64. The summed E-state index contributed by atoms with van der Waals surface area (Å²) in [4.78, 5) is 25.4. The third-order valence-corrected chi connectivity index (χ3v) is 3.98. The van der Waals surface area contributed by atoms with E-state index in [1.807, 2.05) is 20.2 Å². The number of nitrogens with zero attached hydrogens (tertiary/aromatic N) is 2. The number of primary amides is 1. The van der Waals surface area contributed by atoms with Gasteiger partial charge in [-0.25, -0.2) is 0 Å². The van der Waals surface area contributed by atoms with E-state index in [0.717, 1.165) is 4.47 Å². The molecule has 5 nitrogen and oxygen atoms in total. The van der Waals surface area contributed by atoms with E-state index >= 15 is 0 Å². The summed E-state index contributed by atoms with van der Waals surface area (Å²) in [5.74, 6) is -0.404. The highest BCUT2D eigenvalue weighted by Gasteiger charge is 2.41. The van der Waals surface area contributed by atoms with Crippen molar-refractivity contribution < 1.29 is 9.59 Å². The largest absolute Gasteiger partial charge is 0.369 e. The van der Waals surface area contributed by atoms with Gasteiger partial charge in [0, 0.05) is 30.8 Å². The molecule has 1 atom stereocenters. The van der Waals surface area contributed by atoms with Gasteiger partial charge in [-0.05, 0) is 35.3 Å². The van der Waals surface area contributed by atoms with Gasteiger partial charge in [0.2, 0.25) is 5.91 Å². The first-order chi connectivity index (χ1) is 8.33. The molecule has 1 saturated heterocycles. The number of rotatable bonds is 2. The van der Waals surface area contributed by atoms with Gasteiger partial charge in [0.05, 0.1) is 5.41 Å². The second kappa shape index (κ2) is 4.42. The molecule has 0 aliphatic carbocycles. The van der Waals surface area contributed by atoms with Crippen molar-refractivity contribution in [1.29, 1.82) is 0 Å². The molecule has 1 aromatic rings. The van der Waals surface area contributed by atoms with Gasteiger partial charge in [0.15, 0.2) is 0 Å². The van der Waals surface area contributed by atoms with Crippen molar-refractivity contribution in [2.24, 2.45) is 18.2 Å². The number of hydrogen-bond donors (Lipinski definition) is 1. The number of carbonyl (C=O) groups excluding carboxylic acids is 2. The zero-order valence-corrected chi connectivity index (χ0v) is 12.0. The fourth-order valence-electron chi connectivity index (χ4n) is 2.23. The maximum absolute atomic E-state index is 12.3. The van der Waals surface area contributed by atoms with Crippen molar-refractivity contribution in [3.8, 4) is 0 Å². The minimum Gasteiger partial charge on any atom is -0.369 e. The van der Waals surface area contributed by atoms with Gasteiger partial charge >= 0.3 is 0 Å². The highest BCUT2D eigenvalue weighted by Crippen LogP contribution is 2.30. The molecule has 1 unspecified atom stereocenters. The molecule has 2 N–H and O–H groups in total. The summed E-state index contributed by atoms with van der Waals surface area (Å²) in [6.45, 7) is 2.77. The third kappa shape index (κ3) is 2.16. The van der Waals surface area contributed by atoms with Gasteiger partial charge in [-0.15, -0.1) is 0 Å². The zero-order valence-electron chi connectivity index (χ0n) is 10.4. The van der Waals surface area contributed by atoms with E-state index in [1.54, 1.807) is 15.5 Å². The highest BCUT2D eigenvalue weighted by atomic mass is 79.9. The van der Waals surface area contributed by atoms with Gasteiger partial charge in [-0.1, -0.05) is 0 Å². The Hall–Kier alpha value is -1.30. The lowest BCUT2D eigenvalue weighted by Gasteiger charge is -2.21. The Morgan fingerprint density at radius 2 is 2.17 bits per heavy atom. The van der Waals surface area contributed by atoms with Crippen LogP contribution in [0, 0.1) is 5.41 Å². The van der Waals surface area contributed by atoms with Crippen LogP contribution in [0.4, 0.5) is 0 Å². The number of hydrogen-bond acceptors (Lipinski definition) is 2. The van der Waals surface area contributed by atoms with Crippen LogP contribution in [0.5, 0.6) is 0 Å². The minimum atomic E-state index is -0.599. The average Bonchev–Trinajstić information content (AvgIpc) is 2.82. The van der Waals surface area contributed by atoms with Crippen LogP contribution in [-0.2, 0) is 11.8 Å². The van der Waals surface area contributed by atoms with E-state index in [4.69, 9.17) is 5.73 Å². The van der Waals surface area contributed by atoms with Gasteiger partial charge in [-0.2, -0.15) is 0 Å². The number of aromatic nitrogens is 1. The van der Waals surface area contributed by atoms with E-state index in [-0.39, 0.29) is 11.8 Å². The Kier molecular flexibility index (Phi) is 3.23. The first kappa shape index (κ1) is 13.1. The van der Waals surface area contributed by atoms with Crippen LogP contribution in [0.3, 0.4) is 0 Å². The Morgan fingerprint density at radius 3 is 2.61 bits per heavy atom. The number of carbonyl (C=O) groups is 2. The summed E-state index contributed by atoms with van der Waals surface area (Å²) >= 11 is 3.34. The summed E-state index contributed by atoms with van der Waals surface area (Å²) in [6.07, 6.45) is 2.45. The Labute approximate surface area is 114 Å². The van der Waals surface area contributed by atoms with Crippen LogP contribution < -0.4 is 5.73 Å². The van der Waals surface area contributed by atoms with E-state index in [1.165, 1.54) is 0 Å². The van der Waals surface area contributed by atoms with Gasteiger partial charge in [0.1, 0.15) is 5.69 Å². The minimum absolute atomic E-state index is 0.0619. The molecule has 1 fully saturated rings. The lowest BCUT2D eigenvalue weighted by molar-refractivity contribution is -0.126. The average molecular weight is 314 g/mol. The molecule has 1 aliphatic rings. The first-order valence-corrected chi connectivity index (χ1v) is 6.54. The number of amides is 2. The highest BCUT2D eigenvalue weighted by molar-refractivity contribution is 9.10. The second-order valence-corrected chi connectivity index (χ2v) is 5.97. The topological polar surface area (TPSA) is 68.3 Å². The Morgan fingerprint density at radius 1 is 1.50 bits per heavy atom. The molecule has 1 aromatic heterocycles. The quantitative estimate of drug-likeness (QED) is 0.889.